The number of hydrogen-bond acceptors (Lipinski definition) is 0. The predicted molar refractivity (Wildman–Crippen MR) is 127 cm³/mol. The molecule has 0 saturated carbocycles. The van der Waals surface area contributed by atoms with Gasteiger partial charge >= 0.3 is 36.0 Å². The normalized spacial score (nSPS) is 14.3. The maximum atomic E-state index is 14.1. The van der Waals surface area contributed by atoms with Gasteiger partial charge in [-0.25, -0.2) is 0 Å². The number of halogens is 14. The lowest BCUT2D eigenvalue weighted by atomic mass is 9.78. The van der Waals surface area contributed by atoms with Crippen molar-refractivity contribution in [2.75, 3.05) is 0 Å². The molecule has 42 heavy (non-hydrogen) atoms. The van der Waals surface area contributed by atoms with Gasteiger partial charge in [-0.05, 0) is 44.6 Å². The van der Waals surface area contributed by atoms with E-state index in [4.69, 9.17) is 0 Å². The van der Waals surface area contributed by atoms with Crippen molar-refractivity contribution in [2.24, 2.45) is 0 Å². The van der Waals surface area contributed by atoms with Crippen molar-refractivity contribution in [3.05, 3.63) is 46.5 Å². The molecule has 0 aromatic heterocycles. The molecule has 0 fully saturated rings. The molecular weight excluding hydrogens is 602 g/mol. The van der Waals surface area contributed by atoms with E-state index in [0.717, 1.165) is 24.3 Å². The summed E-state index contributed by atoms with van der Waals surface area (Å²) in [5.41, 5.74) is -3.12. The Morgan fingerprint density at radius 3 is 0.905 bits per heavy atom. The largest absolute Gasteiger partial charge is 0.461 e. The lowest BCUT2D eigenvalue weighted by molar-refractivity contribution is -0.339. The first-order valence-electron chi connectivity index (χ1n) is 11.7. The summed E-state index contributed by atoms with van der Waals surface area (Å²) in [6, 6.07) is 4.57. The zero-order valence-electron chi connectivity index (χ0n) is 22.6. The van der Waals surface area contributed by atoms with E-state index in [9.17, 15) is 61.5 Å². The fraction of sp³-hybridized carbons (Fsp3) is 0.500. The summed E-state index contributed by atoms with van der Waals surface area (Å²) in [5, 5.41) is -0.603. The molecule has 0 aliphatic rings. The van der Waals surface area contributed by atoms with Gasteiger partial charge in [-0.1, -0.05) is 77.6 Å². The Balaban J connectivity index is 3.06. The third kappa shape index (κ3) is 6.28. The molecule has 14 heteroatoms. The maximum Gasteiger partial charge on any atom is 0.461 e. The summed E-state index contributed by atoms with van der Waals surface area (Å²) >= 11 is 0. The van der Waals surface area contributed by atoms with Crippen LogP contribution in [-0.2, 0) is 10.8 Å². The van der Waals surface area contributed by atoms with E-state index in [2.05, 4.69) is 0 Å². The predicted octanol–water partition coefficient (Wildman–Crippen LogP) is 9.80. The number of benzene rings is 2. The Morgan fingerprint density at radius 1 is 0.429 bits per heavy atom. The zero-order chi connectivity index (χ0) is 33.1. The fourth-order valence-corrected chi connectivity index (χ4v) is 3.72. The summed E-state index contributed by atoms with van der Waals surface area (Å²) in [6.07, 6.45) is -13.4. The Bertz CT molecular complexity index is 1360. The van der Waals surface area contributed by atoms with Crippen LogP contribution in [0.5, 0.6) is 0 Å². The number of fused-ring (bicyclic) bond motifs is 1. The summed E-state index contributed by atoms with van der Waals surface area (Å²) in [4.78, 5) is 0. The minimum Gasteiger partial charge on any atom is -0.188 e. The smallest absolute Gasteiger partial charge is 0.188 e. The molecule has 2 aromatic carbocycles. The molecule has 0 heterocycles. The highest BCUT2D eigenvalue weighted by atomic mass is 19.4. The van der Waals surface area contributed by atoms with E-state index in [0.29, 0.717) is 11.8 Å². The highest BCUT2D eigenvalue weighted by molar-refractivity contribution is 5.95. The van der Waals surface area contributed by atoms with Crippen molar-refractivity contribution >= 4 is 10.8 Å². The topological polar surface area (TPSA) is 0 Å². The van der Waals surface area contributed by atoms with E-state index in [1.165, 1.54) is 41.5 Å². The lowest BCUT2D eigenvalue weighted by Gasteiger charge is -2.26. The van der Waals surface area contributed by atoms with Gasteiger partial charge < -0.3 is 0 Å². The minimum absolute atomic E-state index is 0.0185. The van der Waals surface area contributed by atoms with E-state index in [-0.39, 0.29) is 21.9 Å². The average Bonchev–Trinajstić information content (AvgIpc) is 2.77. The zero-order valence-corrected chi connectivity index (χ0v) is 22.6. The Morgan fingerprint density at radius 2 is 0.690 bits per heavy atom. The molecule has 0 amide bonds. The molecule has 0 bridgehead atoms. The van der Waals surface area contributed by atoms with E-state index in [1.807, 2.05) is 0 Å². The van der Waals surface area contributed by atoms with Crippen LogP contribution >= 0.6 is 0 Å². The maximum absolute atomic E-state index is 14.1. The molecule has 0 aliphatic carbocycles. The van der Waals surface area contributed by atoms with Gasteiger partial charge in [-0.15, -0.1) is 0 Å². The quantitative estimate of drug-likeness (QED) is 0.231. The molecule has 232 valence electrons. The number of alkyl halides is 14. The van der Waals surface area contributed by atoms with Crippen LogP contribution in [0, 0.1) is 23.7 Å². The highest BCUT2D eigenvalue weighted by Crippen LogP contribution is 2.47. The van der Waals surface area contributed by atoms with E-state index in [1.54, 1.807) is 11.8 Å². The van der Waals surface area contributed by atoms with Crippen LogP contribution in [0.4, 0.5) is 61.5 Å². The lowest BCUT2D eigenvalue weighted by Crippen LogP contribution is -2.51. The standard InChI is InChI=1S/C28H22F14/c1-21(2,3)19-9-7-16-15(17(19)11-13-23(29,30)25(33,34)27(37,38)39)8-10-20(22(4,5)6)18(16)12-14-24(31,32)26(35,36)28(40,41)42/h7-10H,1-6H3. The first-order valence-corrected chi connectivity index (χ1v) is 11.7. The van der Waals surface area contributed by atoms with Gasteiger partial charge in [-0.3, -0.25) is 0 Å². The molecule has 0 radical (unpaired) electrons. The van der Waals surface area contributed by atoms with Gasteiger partial charge in [-0.2, -0.15) is 61.5 Å². The first-order chi connectivity index (χ1) is 18.4. The molecule has 0 saturated heterocycles. The second-order valence-electron chi connectivity index (χ2n) is 11.4. The molecule has 0 N–H and O–H groups in total. The Labute approximate surface area is 231 Å². The minimum atomic E-state index is -6.68. The SMILES string of the molecule is CC(C)(C)c1ccc2c(C#CC(F)(F)C(F)(F)C(F)(F)F)c(C(C)(C)C)ccc2c1C#CC(F)(F)C(F)(F)C(F)(F)F. The molecule has 0 atom stereocenters. The second kappa shape index (κ2) is 10.2. The average molecular weight is 624 g/mol. The fourth-order valence-electron chi connectivity index (χ4n) is 3.72. The summed E-state index contributed by atoms with van der Waals surface area (Å²) in [7, 11) is 0. The van der Waals surface area contributed by atoms with Crippen LogP contribution in [-0.4, -0.2) is 36.0 Å². The third-order valence-corrected chi connectivity index (χ3v) is 6.01. The molecule has 0 nitrogen and oxygen atoms in total. The van der Waals surface area contributed by atoms with Gasteiger partial charge in [0.05, 0.1) is 0 Å². The summed E-state index contributed by atoms with van der Waals surface area (Å²) < 4.78 is 186. The Kier molecular flexibility index (Phi) is 8.54. The van der Waals surface area contributed by atoms with Gasteiger partial charge in [0.25, 0.3) is 0 Å². The van der Waals surface area contributed by atoms with E-state index >= 15 is 0 Å². The van der Waals surface area contributed by atoms with Crippen molar-refractivity contribution in [1.29, 1.82) is 0 Å². The molecule has 2 rings (SSSR count). The van der Waals surface area contributed by atoms with Gasteiger partial charge in [0.15, 0.2) is 0 Å². The second-order valence-corrected chi connectivity index (χ2v) is 11.4. The van der Waals surface area contributed by atoms with Crippen molar-refractivity contribution in [1.82, 2.24) is 0 Å². The van der Waals surface area contributed by atoms with Crippen LogP contribution in [0.15, 0.2) is 24.3 Å². The van der Waals surface area contributed by atoms with Crippen LogP contribution in [0.3, 0.4) is 0 Å². The van der Waals surface area contributed by atoms with Crippen molar-refractivity contribution in [3.63, 3.8) is 0 Å². The van der Waals surface area contributed by atoms with Gasteiger partial charge in [0, 0.05) is 11.1 Å². The van der Waals surface area contributed by atoms with Crippen LogP contribution in [0.25, 0.3) is 10.8 Å². The van der Waals surface area contributed by atoms with Gasteiger partial charge in [0.2, 0.25) is 0 Å². The Hall–Kier alpha value is -3.16. The van der Waals surface area contributed by atoms with Crippen LogP contribution in [0.2, 0.25) is 0 Å². The monoisotopic (exact) mass is 624 g/mol. The van der Waals surface area contributed by atoms with Crippen LogP contribution in [0.1, 0.15) is 63.8 Å². The van der Waals surface area contributed by atoms with Crippen LogP contribution < -0.4 is 0 Å². The van der Waals surface area contributed by atoms with Gasteiger partial charge in [0.1, 0.15) is 0 Å². The summed E-state index contributed by atoms with van der Waals surface area (Å²) in [5.74, 6) is -20.4. The van der Waals surface area contributed by atoms with E-state index < -0.39 is 58.0 Å². The highest BCUT2D eigenvalue weighted by Gasteiger charge is 2.73. The summed E-state index contributed by atoms with van der Waals surface area (Å²) in [6.45, 7) is 8.95. The number of hydrogen-bond donors (Lipinski definition) is 0. The molecule has 0 unspecified atom stereocenters. The molecular formula is C28H22F14. The van der Waals surface area contributed by atoms with Crippen molar-refractivity contribution in [2.45, 2.75) is 88.4 Å². The van der Waals surface area contributed by atoms with Crippen molar-refractivity contribution < 1.29 is 61.5 Å². The molecule has 0 spiro atoms. The molecule has 2 aromatic rings. The first kappa shape index (κ1) is 35.0. The third-order valence-electron chi connectivity index (χ3n) is 6.01. The molecule has 0 aliphatic heterocycles. The number of rotatable bonds is 2. The van der Waals surface area contributed by atoms with Crippen molar-refractivity contribution in [3.8, 4) is 23.7 Å².